The van der Waals surface area contributed by atoms with E-state index < -0.39 is 8.80 Å². The Morgan fingerprint density at radius 2 is 1.46 bits per heavy atom. The Balaban J connectivity index is -0.000000500. The number of hydrogen-bond donors (Lipinski definition) is 1. The van der Waals surface area contributed by atoms with Crippen molar-refractivity contribution in [3.63, 3.8) is 0 Å². The van der Waals surface area contributed by atoms with Gasteiger partial charge in [0.05, 0.1) is 0 Å². The molecule has 0 saturated carbocycles. The molecule has 0 atom stereocenters. The average Bonchev–Trinajstić information content (AvgIpc) is 2.08. The molecular weight excluding hydrogens is 278 g/mol. The molecule has 0 unspecified atom stereocenters. The summed E-state index contributed by atoms with van der Waals surface area (Å²) >= 11 is 0. The Morgan fingerprint density at radius 1 is 1.08 bits per heavy atom. The van der Waals surface area contributed by atoms with Gasteiger partial charge < -0.3 is 19.0 Å². The summed E-state index contributed by atoms with van der Waals surface area (Å²) in [5, 5.41) is 0. The van der Waals surface area contributed by atoms with Crippen molar-refractivity contribution in [3.05, 3.63) is 0 Å². The van der Waals surface area contributed by atoms with E-state index in [1.807, 2.05) is 0 Å². The minimum Gasteiger partial charge on any atom is -0.377 e. The minimum atomic E-state index is -2.32. The maximum atomic E-state index is 5.36. The van der Waals surface area contributed by atoms with Crippen molar-refractivity contribution in [1.29, 1.82) is 0 Å². The van der Waals surface area contributed by atoms with E-state index in [-0.39, 0.29) is 29.4 Å². The summed E-state index contributed by atoms with van der Waals surface area (Å²) in [4.78, 5) is 0. The van der Waals surface area contributed by atoms with Gasteiger partial charge in [0, 0.05) is 27.4 Å². The maximum Gasteiger partial charge on any atom is 0.500 e. The SMILES string of the molecule is Br.CO[Si](CCCN)(OC)OC.Cl. The van der Waals surface area contributed by atoms with Gasteiger partial charge in [-0.2, -0.15) is 0 Å². The van der Waals surface area contributed by atoms with Crippen molar-refractivity contribution >= 4 is 38.2 Å². The van der Waals surface area contributed by atoms with Crippen LogP contribution in [0.3, 0.4) is 0 Å². The highest BCUT2D eigenvalue weighted by molar-refractivity contribution is 8.93. The lowest BCUT2D eigenvalue weighted by Crippen LogP contribution is -2.42. The van der Waals surface area contributed by atoms with Gasteiger partial charge >= 0.3 is 8.80 Å². The highest BCUT2D eigenvalue weighted by Crippen LogP contribution is 2.13. The molecule has 0 rings (SSSR count). The van der Waals surface area contributed by atoms with E-state index in [0.717, 1.165) is 12.5 Å². The van der Waals surface area contributed by atoms with Crippen LogP contribution in [-0.4, -0.2) is 36.7 Å². The first-order valence-corrected chi connectivity index (χ1v) is 5.53. The Morgan fingerprint density at radius 3 is 1.69 bits per heavy atom. The lowest BCUT2D eigenvalue weighted by molar-refractivity contribution is 0.123. The van der Waals surface area contributed by atoms with Gasteiger partial charge in [-0.05, 0) is 13.0 Å². The van der Waals surface area contributed by atoms with Crippen LogP contribution in [0.4, 0.5) is 0 Å². The van der Waals surface area contributed by atoms with E-state index in [2.05, 4.69) is 0 Å². The molecule has 0 fully saturated rings. The zero-order valence-corrected chi connectivity index (χ0v) is 11.8. The van der Waals surface area contributed by atoms with Crippen molar-refractivity contribution in [2.75, 3.05) is 27.9 Å². The lowest BCUT2D eigenvalue weighted by Gasteiger charge is -2.23. The van der Waals surface area contributed by atoms with E-state index in [0.29, 0.717) is 6.54 Å². The van der Waals surface area contributed by atoms with Crippen LogP contribution in [0.1, 0.15) is 6.42 Å². The second-order valence-electron chi connectivity index (χ2n) is 2.19. The number of rotatable bonds is 6. The first-order valence-electron chi connectivity index (χ1n) is 3.60. The minimum absolute atomic E-state index is 0. The molecule has 0 bridgehead atoms. The van der Waals surface area contributed by atoms with E-state index in [1.54, 1.807) is 21.3 Å². The van der Waals surface area contributed by atoms with Gasteiger partial charge in [0.15, 0.2) is 0 Å². The molecule has 0 radical (unpaired) electrons. The molecule has 7 heteroatoms. The van der Waals surface area contributed by atoms with Gasteiger partial charge in [-0.15, -0.1) is 29.4 Å². The van der Waals surface area contributed by atoms with Crippen LogP contribution in [0.25, 0.3) is 0 Å². The predicted molar refractivity (Wildman–Crippen MR) is 62.8 cm³/mol. The van der Waals surface area contributed by atoms with Crippen molar-refractivity contribution in [1.82, 2.24) is 0 Å². The smallest absolute Gasteiger partial charge is 0.377 e. The van der Waals surface area contributed by atoms with E-state index in [4.69, 9.17) is 19.0 Å². The first-order chi connectivity index (χ1) is 5.24. The topological polar surface area (TPSA) is 53.7 Å². The molecule has 0 spiro atoms. The fraction of sp³-hybridized carbons (Fsp3) is 1.00. The fourth-order valence-corrected chi connectivity index (χ4v) is 2.62. The Hall–Kier alpha value is 0.827. The van der Waals surface area contributed by atoms with E-state index >= 15 is 0 Å². The Bertz CT molecular complexity index is 99.6. The zero-order chi connectivity index (χ0) is 8.74. The monoisotopic (exact) mass is 295 g/mol. The fourth-order valence-electron chi connectivity index (χ4n) is 0.875. The van der Waals surface area contributed by atoms with Crippen molar-refractivity contribution in [3.8, 4) is 0 Å². The third-order valence-electron chi connectivity index (χ3n) is 1.62. The molecule has 0 aliphatic heterocycles. The molecule has 0 amide bonds. The van der Waals surface area contributed by atoms with Crippen LogP contribution in [0.2, 0.25) is 6.04 Å². The number of halogens is 2. The summed E-state index contributed by atoms with van der Waals surface area (Å²) in [6.45, 7) is 0.644. The van der Waals surface area contributed by atoms with E-state index in [1.165, 1.54) is 0 Å². The molecule has 0 aliphatic carbocycles. The van der Waals surface area contributed by atoms with Crippen molar-refractivity contribution < 1.29 is 13.3 Å². The van der Waals surface area contributed by atoms with Crippen molar-refractivity contribution in [2.24, 2.45) is 5.73 Å². The van der Waals surface area contributed by atoms with Gasteiger partial charge in [0.2, 0.25) is 0 Å². The van der Waals surface area contributed by atoms with Crippen LogP contribution in [0, 0.1) is 0 Å². The molecule has 0 aliphatic rings. The third-order valence-corrected chi connectivity index (χ3v) is 4.45. The summed E-state index contributed by atoms with van der Waals surface area (Å²) in [7, 11) is 2.50. The molecule has 2 N–H and O–H groups in total. The maximum absolute atomic E-state index is 5.36. The van der Waals surface area contributed by atoms with Gasteiger partial charge in [-0.1, -0.05) is 0 Å². The van der Waals surface area contributed by atoms with Crippen molar-refractivity contribution in [2.45, 2.75) is 12.5 Å². The molecule has 0 heterocycles. The van der Waals surface area contributed by atoms with E-state index in [9.17, 15) is 0 Å². The van der Waals surface area contributed by atoms with Gasteiger partial charge in [0.25, 0.3) is 0 Å². The van der Waals surface area contributed by atoms with Crippen LogP contribution >= 0.6 is 29.4 Å². The van der Waals surface area contributed by atoms with Gasteiger partial charge in [-0.3, -0.25) is 0 Å². The summed E-state index contributed by atoms with van der Waals surface area (Å²) in [6.07, 6.45) is 0.877. The Kier molecular flexibility index (Phi) is 16.3. The summed E-state index contributed by atoms with van der Waals surface area (Å²) in [5.74, 6) is 0. The standard InChI is InChI=1S/C6H17NO3Si.BrH.ClH/c1-8-11(9-2,10-3)6-4-5-7;;/h4-7H2,1-3H3;2*1H. The second-order valence-corrected chi connectivity index (χ2v) is 5.28. The first kappa shape index (κ1) is 19.4. The molecule has 84 valence electrons. The average molecular weight is 297 g/mol. The normalized spacial score (nSPS) is 10.2. The Labute approximate surface area is 97.7 Å². The molecule has 0 saturated heterocycles. The van der Waals surface area contributed by atoms with Crippen LogP contribution in [-0.2, 0) is 13.3 Å². The molecular formula is C6H19BrClNO3Si. The summed E-state index contributed by atoms with van der Waals surface area (Å²) < 4.78 is 15.5. The quantitative estimate of drug-likeness (QED) is 0.749. The number of nitrogens with two attached hydrogens (primary N) is 1. The molecule has 0 aromatic heterocycles. The van der Waals surface area contributed by atoms with Crippen LogP contribution in [0.5, 0.6) is 0 Å². The third kappa shape index (κ3) is 6.84. The van der Waals surface area contributed by atoms with Gasteiger partial charge in [0.1, 0.15) is 0 Å². The molecule has 0 aromatic rings. The lowest BCUT2D eigenvalue weighted by atomic mass is 10.5. The predicted octanol–water partition coefficient (Wildman–Crippen LogP) is 1.21. The van der Waals surface area contributed by atoms with Crippen LogP contribution < -0.4 is 5.73 Å². The van der Waals surface area contributed by atoms with Gasteiger partial charge in [-0.25, -0.2) is 0 Å². The summed E-state index contributed by atoms with van der Waals surface area (Å²) in [6, 6.07) is 0.785. The molecule has 13 heavy (non-hydrogen) atoms. The highest BCUT2D eigenvalue weighted by atomic mass is 79.9. The van der Waals surface area contributed by atoms with Crippen LogP contribution in [0.15, 0.2) is 0 Å². The molecule has 4 nitrogen and oxygen atoms in total. The number of hydrogen-bond acceptors (Lipinski definition) is 4. The second kappa shape index (κ2) is 10.9. The summed E-state index contributed by atoms with van der Waals surface area (Å²) in [5.41, 5.74) is 5.36. The highest BCUT2D eigenvalue weighted by Gasteiger charge is 2.36. The molecule has 0 aromatic carbocycles. The largest absolute Gasteiger partial charge is 0.500 e. The zero-order valence-electron chi connectivity index (χ0n) is 8.24.